The van der Waals surface area contributed by atoms with E-state index in [0.717, 1.165) is 0 Å². The molecule has 1 aromatic carbocycles. The summed E-state index contributed by atoms with van der Waals surface area (Å²) in [6.07, 6.45) is 0.300. The minimum Gasteiger partial charge on any atom is -0.481 e. The van der Waals surface area contributed by atoms with Gasteiger partial charge in [0.1, 0.15) is 5.69 Å². The van der Waals surface area contributed by atoms with E-state index >= 15 is 0 Å². The number of hydrogen-bond donors (Lipinski definition) is 2. The molecule has 0 aliphatic rings. The Labute approximate surface area is 85.5 Å². The van der Waals surface area contributed by atoms with Crippen LogP contribution in [0.15, 0.2) is 18.2 Å². The molecule has 0 unspecified atom stereocenters. The smallest absolute Gasteiger partial charge is 0.303 e. The van der Waals surface area contributed by atoms with Crippen LogP contribution in [0, 0.1) is 10.1 Å². The summed E-state index contributed by atoms with van der Waals surface area (Å²) in [5, 5.41) is 18.9. The fraction of sp³-hybridized carbons (Fsp3) is 0.222. The molecule has 0 amide bonds. The summed E-state index contributed by atoms with van der Waals surface area (Å²) in [5.74, 6) is -0.910. The zero-order chi connectivity index (χ0) is 11.4. The molecule has 0 spiro atoms. The van der Waals surface area contributed by atoms with Crippen molar-refractivity contribution in [1.82, 2.24) is 0 Å². The molecule has 0 saturated heterocycles. The number of carboxylic acids is 1. The van der Waals surface area contributed by atoms with Gasteiger partial charge in [-0.05, 0) is 18.1 Å². The summed E-state index contributed by atoms with van der Waals surface area (Å²) >= 11 is 0. The number of nitro groups is 1. The van der Waals surface area contributed by atoms with Crippen molar-refractivity contribution in [3.63, 3.8) is 0 Å². The van der Waals surface area contributed by atoms with E-state index in [-0.39, 0.29) is 17.8 Å². The van der Waals surface area contributed by atoms with Crippen LogP contribution in [0.5, 0.6) is 0 Å². The van der Waals surface area contributed by atoms with Crippen molar-refractivity contribution >= 4 is 17.3 Å². The first-order chi connectivity index (χ1) is 7.00. The van der Waals surface area contributed by atoms with Crippen LogP contribution in [0.1, 0.15) is 12.0 Å². The summed E-state index contributed by atoms with van der Waals surface area (Å²) in [5.41, 5.74) is 6.02. The van der Waals surface area contributed by atoms with Gasteiger partial charge in [-0.2, -0.15) is 0 Å². The van der Waals surface area contributed by atoms with Crippen LogP contribution in [-0.2, 0) is 11.2 Å². The van der Waals surface area contributed by atoms with Crippen LogP contribution in [0.2, 0.25) is 0 Å². The first kappa shape index (κ1) is 11.0. The molecule has 80 valence electrons. The van der Waals surface area contributed by atoms with Crippen LogP contribution in [0.3, 0.4) is 0 Å². The van der Waals surface area contributed by atoms with Crippen LogP contribution < -0.4 is 5.73 Å². The topological polar surface area (TPSA) is 106 Å². The Balaban J connectivity index is 2.82. The number of nitrogen functional groups attached to an aromatic ring is 1. The molecule has 0 fully saturated rings. The third kappa shape index (κ3) is 2.94. The fourth-order valence-electron chi connectivity index (χ4n) is 1.18. The molecule has 0 atom stereocenters. The molecular formula is C9H10N2O4. The Kier molecular flexibility index (Phi) is 3.22. The van der Waals surface area contributed by atoms with Crippen molar-refractivity contribution in [2.45, 2.75) is 12.8 Å². The van der Waals surface area contributed by atoms with E-state index in [1.165, 1.54) is 18.2 Å². The van der Waals surface area contributed by atoms with Crippen molar-refractivity contribution in [3.8, 4) is 0 Å². The predicted octanol–water partition coefficient (Wildman–Crippen LogP) is 1.19. The Bertz CT molecular complexity index is 403. The summed E-state index contributed by atoms with van der Waals surface area (Å²) in [6, 6.07) is 4.23. The van der Waals surface area contributed by atoms with Crippen LogP contribution in [0.25, 0.3) is 0 Å². The maximum absolute atomic E-state index is 10.4. The molecular weight excluding hydrogens is 200 g/mol. The van der Waals surface area contributed by atoms with E-state index < -0.39 is 10.9 Å². The van der Waals surface area contributed by atoms with Gasteiger partial charge in [-0.15, -0.1) is 0 Å². The lowest BCUT2D eigenvalue weighted by Crippen LogP contribution is -2.00. The lowest BCUT2D eigenvalue weighted by Gasteiger charge is -2.01. The number of carboxylic acid groups (broad SMARTS) is 1. The van der Waals surface area contributed by atoms with Gasteiger partial charge in [0.05, 0.1) is 4.92 Å². The Hall–Kier alpha value is -2.11. The van der Waals surface area contributed by atoms with E-state index in [1.807, 2.05) is 0 Å². The monoisotopic (exact) mass is 210 g/mol. The lowest BCUT2D eigenvalue weighted by atomic mass is 10.1. The van der Waals surface area contributed by atoms with E-state index in [4.69, 9.17) is 10.8 Å². The molecule has 0 aromatic heterocycles. The Morgan fingerprint density at radius 2 is 2.20 bits per heavy atom. The number of carbonyl (C=O) groups is 1. The normalized spacial score (nSPS) is 9.87. The second-order valence-corrected chi connectivity index (χ2v) is 3.04. The number of nitrogens with zero attached hydrogens (tertiary/aromatic N) is 1. The number of rotatable bonds is 4. The molecule has 0 aliphatic heterocycles. The Morgan fingerprint density at radius 3 is 2.67 bits per heavy atom. The molecule has 6 heteroatoms. The molecule has 1 rings (SSSR count). The van der Waals surface area contributed by atoms with E-state index in [1.54, 1.807) is 0 Å². The van der Waals surface area contributed by atoms with Gasteiger partial charge in [0, 0.05) is 12.5 Å². The summed E-state index contributed by atoms with van der Waals surface area (Å²) in [4.78, 5) is 20.2. The average molecular weight is 210 g/mol. The molecule has 0 heterocycles. The third-order valence-corrected chi connectivity index (χ3v) is 1.92. The number of anilines is 1. The Morgan fingerprint density at radius 1 is 1.53 bits per heavy atom. The summed E-state index contributed by atoms with van der Waals surface area (Å²) in [7, 11) is 0. The minimum absolute atomic E-state index is 0.0166. The number of nitrogens with two attached hydrogens (primary N) is 1. The molecule has 1 aromatic rings. The van der Waals surface area contributed by atoms with Crippen molar-refractivity contribution < 1.29 is 14.8 Å². The largest absolute Gasteiger partial charge is 0.481 e. The number of nitro benzene ring substituents is 1. The molecule has 0 radical (unpaired) electrons. The van der Waals surface area contributed by atoms with Crippen LogP contribution in [0.4, 0.5) is 11.4 Å². The van der Waals surface area contributed by atoms with Gasteiger partial charge in [-0.1, -0.05) is 6.07 Å². The van der Waals surface area contributed by atoms with Gasteiger partial charge in [-0.3, -0.25) is 14.9 Å². The highest BCUT2D eigenvalue weighted by Gasteiger charge is 2.11. The first-order valence-electron chi connectivity index (χ1n) is 4.25. The zero-order valence-electron chi connectivity index (χ0n) is 7.84. The quantitative estimate of drug-likeness (QED) is 0.441. The highest BCUT2D eigenvalue weighted by atomic mass is 16.6. The van der Waals surface area contributed by atoms with Gasteiger partial charge in [-0.25, -0.2) is 0 Å². The van der Waals surface area contributed by atoms with Gasteiger partial charge in [0.2, 0.25) is 0 Å². The molecule has 0 bridgehead atoms. The second kappa shape index (κ2) is 4.41. The molecule has 6 nitrogen and oxygen atoms in total. The van der Waals surface area contributed by atoms with Gasteiger partial charge < -0.3 is 10.8 Å². The number of hydrogen-bond acceptors (Lipinski definition) is 4. The standard InChI is InChI=1S/C9H10N2O4/c10-7-5-6(2-4-9(12)13)1-3-8(7)11(14)15/h1,3,5H,2,4,10H2,(H,12,13). The number of benzene rings is 1. The van der Waals surface area contributed by atoms with Gasteiger partial charge in [0.25, 0.3) is 5.69 Å². The predicted molar refractivity (Wildman–Crippen MR) is 53.5 cm³/mol. The molecule has 0 saturated carbocycles. The SMILES string of the molecule is Nc1cc(CCC(=O)O)ccc1[N+](=O)[O-]. The number of aliphatic carboxylic acids is 1. The molecule has 0 aliphatic carbocycles. The average Bonchev–Trinajstić information content (AvgIpc) is 2.14. The fourth-order valence-corrected chi connectivity index (χ4v) is 1.18. The molecule has 15 heavy (non-hydrogen) atoms. The van der Waals surface area contributed by atoms with Crippen molar-refractivity contribution in [3.05, 3.63) is 33.9 Å². The van der Waals surface area contributed by atoms with E-state index in [9.17, 15) is 14.9 Å². The van der Waals surface area contributed by atoms with Crippen LogP contribution >= 0.6 is 0 Å². The van der Waals surface area contributed by atoms with Crippen molar-refractivity contribution in [1.29, 1.82) is 0 Å². The van der Waals surface area contributed by atoms with Crippen LogP contribution in [-0.4, -0.2) is 16.0 Å². The highest BCUT2D eigenvalue weighted by molar-refractivity contribution is 5.67. The third-order valence-electron chi connectivity index (χ3n) is 1.92. The van der Waals surface area contributed by atoms with E-state index in [2.05, 4.69) is 0 Å². The molecule has 3 N–H and O–H groups in total. The minimum atomic E-state index is -0.910. The van der Waals surface area contributed by atoms with E-state index in [0.29, 0.717) is 12.0 Å². The highest BCUT2D eigenvalue weighted by Crippen LogP contribution is 2.22. The number of aryl methyl sites for hydroxylation is 1. The van der Waals surface area contributed by atoms with Crippen molar-refractivity contribution in [2.24, 2.45) is 0 Å². The maximum Gasteiger partial charge on any atom is 0.303 e. The summed E-state index contributed by atoms with van der Waals surface area (Å²) in [6.45, 7) is 0. The van der Waals surface area contributed by atoms with Gasteiger partial charge >= 0.3 is 5.97 Å². The lowest BCUT2D eigenvalue weighted by molar-refractivity contribution is -0.383. The maximum atomic E-state index is 10.4. The second-order valence-electron chi connectivity index (χ2n) is 3.04. The summed E-state index contributed by atoms with van der Waals surface area (Å²) < 4.78 is 0. The zero-order valence-corrected chi connectivity index (χ0v) is 7.84. The first-order valence-corrected chi connectivity index (χ1v) is 4.25. The van der Waals surface area contributed by atoms with Crippen molar-refractivity contribution in [2.75, 3.05) is 5.73 Å². The van der Waals surface area contributed by atoms with Gasteiger partial charge in [0.15, 0.2) is 0 Å².